The van der Waals surface area contributed by atoms with E-state index in [1.807, 2.05) is 91.0 Å². The number of carbonyl (C=O) groups is 3. The molecule has 240 valence electrons. The van der Waals surface area contributed by atoms with Crippen LogP contribution in [0.25, 0.3) is 0 Å². The lowest BCUT2D eigenvalue weighted by atomic mass is 9.93. The lowest BCUT2D eigenvalue weighted by molar-refractivity contribution is -0.153. The highest BCUT2D eigenvalue weighted by molar-refractivity contribution is 5.82. The second-order valence-electron chi connectivity index (χ2n) is 10.9. The summed E-state index contributed by atoms with van der Waals surface area (Å²) in [4.78, 5) is 38.1. The number of hydrogen-bond donors (Lipinski definition) is 4. The number of phenolic OH excluding ortho intramolecular Hbond substituents is 1. The van der Waals surface area contributed by atoms with Gasteiger partial charge in [0.15, 0.2) is 11.5 Å². The van der Waals surface area contributed by atoms with E-state index in [2.05, 4.69) is 16.2 Å². The summed E-state index contributed by atoms with van der Waals surface area (Å²) in [5, 5.41) is 13.0. The van der Waals surface area contributed by atoms with Crippen molar-refractivity contribution in [3.05, 3.63) is 131 Å². The Bertz CT molecular complexity index is 1550. The molecule has 0 heterocycles. The number of hydrogen-bond acceptors (Lipinski definition) is 8. The predicted octanol–water partition coefficient (Wildman–Crippen LogP) is 5.34. The third kappa shape index (κ3) is 11.0. The molecule has 10 nitrogen and oxygen atoms in total. The van der Waals surface area contributed by atoms with E-state index in [0.717, 1.165) is 16.7 Å². The molecule has 0 spiro atoms. The first kappa shape index (κ1) is 33.5. The topological polar surface area (TPSA) is 135 Å². The van der Waals surface area contributed by atoms with Crippen molar-refractivity contribution in [1.29, 1.82) is 0 Å². The van der Waals surface area contributed by atoms with E-state index in [4.69, 9.17) is 14.2 Å². The van der Waals surface area contributed by atoms with Crippen molar-refractivity contribution in [2.75, 3.05) is 6.54 Å². The minimum Gasteiger partial charge on any atom is -0.504 e. The molecule has 0 aromatic heterocycles. The number of benzene rings is 4. The Hall–Kier alpha value is -5.35. The third-order valence-electron chi connectivity index (χ3n) is 7.02. The van der Waals surface area contributed by atoms with Gasteiger partial charge in [0.25, 0.3) is 0 Å². The van der Waals surface area contributed by atoms with Crippen molar-refractivity contribution in [2.45, 2.75) is 51.5 Å². The fraction of sp³-hybridized carbons (Fsp3) is 0.250. The summed E-state index contributed by atoms with van der Waals surface area (Å²) in [5.74, 6) is -0.731. The van der Waals surface area contributed by atoms with Gasteiger partial charge in [0.2, 0.25) is 5.91 Å². The second-order valence-corrected chi connectivity index (χ2v) is 10.9. The summed E-state index contributed by atoms with van der Waals surface area (Å²) in [6.45, 7) is 2.32. The Balaban J connectivity index is 1.32. The van der Waals surface area contributed by atoms with E-state index in [1.54, 1.807) is 19.1 Å². The molecule has 46 heavy (non-hydrogen) atoms. The maximum atomic E-state index is 13.4. The number of hydrazine groups is 1. The van der Waals surface area contributed by atoms with Crippen molar-refractivity contribution in [2.24, 2.45) is 0 Å². The zero-order valence-corrected chi connectivity index (χ0v) is 25.7. The molecule has 2 amide bonds. The molecule has 0 fully saturated rings. The number of esters is 1. The molecule has 10 heteroatoms. The molecule has 0 radical (unpaired) electrons. The first-order valence-electron chi connectivity index (χ1n) is 15.0. The average molecular weight is 626 g/mol. The van der Waals surface area contributed by atoms with Crippen molar-refractivity contribution >= 4 is 18.0 Å². The smallest absolute Gasteiger partial charge is 0.407 e. The first-order chi connectivity index (χ1) is 22.3. The highest BCUT2D eigenvalue weighted by Gasteiger charge is 2.36. The van der Waals surface area contributed by atoms with Crippen LogP contribution in [0.2, 0.25) is 0 Å². The standard InChI is InChI=1S/C36H39N3O7/c1-36(34(42)45-25-28-14-7-3-8-15-28,23-30-19-20-31(40)32(22-30)44-24-27-12-5-2-6-13-27)39-38-33(41)18-11-21-37-35(43)46-26-29-16-9-4-10-17-29/h2-10,12-17,19-20,22,39-40H,11,18,21,23-26H2,1H3,(H,37,43)(H,38,41)/t36-/m0/s1. The normalized spacial score (nSPS) is 11.9. The molecule has 4 aromatic carbocycles. The zero-order chi connectivity index (χ0) is 32.6. The van der Waals surface area contributed by atoms with E-state index < -0.39 is 17.6 Å². The van der Waals surface area contributed by atoms with Gasteiger partial charge in [-0.1, -0.05) is 97.1 Å². The molecule has 0 saturated heterocycles. The molecule has 0 bridgehead atoms. The molecule has 4 N–H and O–H groups in total. The highest BCUT2D eigenvalue weighted by atomic mass is 16.5. The summed E-state index contributed by atoms with van der Waals surface area (Å²) in [6.07, 6.45) is -0.0317. The summed E-state index contributed by atoms with van der Waals surface area (Å²) in [5.41, 5.74) is 7.40. The van der Waals surface area contributed by atoms with E-state index in [9.17, 15) is 19.5 Å². The number of aromatic hydroxyl groups is 1. The molecule has 1 atom stereocenters. The van der Waals surface area contributed by atoms with Crippen LogP contribution in [-0.2, 0) is 45.3 Å². The highest BCUT2D eigenvalue weighted by Crippen LogP contribution is 2.29. The largest absolute Gasteiger partial charge is 0.504 e. The van der Waals surface area contributed by atoms with Gasteiger partial charge in [0.05, 0.1) is 0 Å². The van der Waals surface area contributed by atoms with Gasteiger partial charge in [-0.15, -0.1) is 0 Å². The van der Waals surface area contributed by atoms with E-state index in [-0.39, 0.29) is 56.6 Å². The Morgan fingerprint density at radius 3 is 1.89 bits per heavy atom. The predicted molar refractivity (Wildman–Crippen MR) is 172 cm³/mol. The van der Waals surface area contributed by atoms with Crippen LogP contribution in [0.4, 0.5) is 4.79 Å². The Labute approximate surface area is 268 Å². The third-order valence-corrected chi connectivity index (χ3v) is 7.02. The van der Waals surface area contributed by atoms with Gasteiger partial charge in [0.1, 0.15) is 25.4 Å². The SMILES string of the molecule is C[C@@](Cc1ccc(O)c(OCc2ccccc2)c1)(NNC(=O)CCCNC(=O)OCc1ccccc1)C(=O)OCc1ccccc1. The van der Waals surface area contributed by atoms with Crippen LogP contribution in [0.1, 0.15) is 42.0 Å². The number of amides is 2. The molecule has 4 rings (SSSR count). The number of carbonyl (C=O) groups excluding carboxylic acids is 3. The number of alkyl carbamates (subject to hydrolysis) is 1. The molecular weight excluding hydrogens is 586 g/mol. The van der Waals surface area contributed by atoms with Gasteiger partial charge < -0.3 is 24.6 Å². The van der Waals surface area contributed by atoms with Crippen LogP contribution in [-0.4, -0.2) is 35.2 Å². The Kier molecular flexibility index (Phi) is 12.6. The molecule has 0 aliphatic rings. The summed E-state index contributed by atoms with van der Waals surface area (Å²) < 4.78 is 16.7. The zero-order valence-electron chi connectivity index (χ0n) is 25.7. The van der Waals surface area contributed by atoms with E-state index >= 15 is 0 Å². The fourth-order valence-corrected chi connectivity index (χ4v) is 4.46. The second kappa shape index (κ2) is 17.2. The van der Waals surface area contributed by atoms with Crippen LogP contribution in [0.15, 0.2) is 109 Å². The van der Waals surface area contributed by atoms with Crippen LogP contribution >= 0.6 is 0 Å². The summed E-state index contributed by atoms with van der Waals surface area (Å²) in [7, 11) is 0. The number of ether oxygens (including phenoxy) is 3. The molecule has 0 aliphatic heterocycles. The van der Waals surface area contributed by atoms with Crippen LogP contribution in [0, 0.1) is 0 Å². The van der Waals surface area contributed by atoms with Gasteiger partial charge >= 0.3 is 12.1 Å². The maximum Gasteiger partial charge on any atom is 0.407 e. The van der Waals surface area contributed by atoms with Crippen molar-refractivity contribution in [1.82, 2.24) is 16.2 Å². The molecule has 0 unspecified atom stereocenters. The Morgan fingerprint density at radius 1 is 0.717 bits per heavy atom. The quantitative estimate of drug-likeness (QED) is 0.0745. The molecule has 0 saturated carbocycles. The van der Waals surface area contributed by atoms with Gasteiger partial charge in [-0.3, -0.25) is 10.2 Å². The lowest BCUT2D eigenvalue weighted by Gasteiger charge is -2.29. The lowest BCUT2D eigenvalue weighted by Crippen LogP contribution is -2.59. The number of phenols is 1. The van der Waals surface area contributed by atoms with Crippen LogP contribution in [0.3, 0.4) is 0 Å². The van der Waals surface area contributed by atoms with Crippen LogP contribution in [0.5, 0.6) is 11.5 Å². The van der Waals surface area contributed by atoms with Crippen molar-refractivity contribution in [3.63, 3.8) is 0 Å². The van der Waals surface area contributed by atoms with Crippen LogP contribution < -0.4 is 20.9 Å². The van der Waals surface area contributed by atoms with Crippen molar-refractivity contribution < 1.29 is 33.7 Å². The minimum atomic E-state index is -1.38. The number of nitrogens with one attached hydrogen (secondary N) is 3. The minimum absolute atomic E-state index is 0.0353. The molecule has 4 aromatic rings. The number of rotatable bonds is 16. The summed E-state index contributed by atoms with van der Waals surface area (Å²) >= 11 is 0. The van der Waals surface area contributed by atoms with Gasteiger partial charge in [-0.05, 0) is 47.7 Å². The monoisotopic (exact) mass is 625 g/mol. The van der Waals surface area contributed by atoms with Gasteiger partial charge in [0, 0.05) is 19.4 Å². The van der Waals surface area contributed by atoms with Gasteiger partial charge in [-0.25, -0.2) is 15.0 Å². The summed E-state index contributed by atoms with van der Waals surface area (Å²) in [6, 6.07) is 33.0. The van der Waals surface area contributed by atoms with E-state index in [1.165, 1.54) is 6.07 Å². The van der Waals surface area contributed by atoms with Crippen molar-refractivity contribution in [3.8, 4) is 11.5 Å². The van der Waals surface area contributed by atoms with Gasteiger partial charge in [-0.2, -0.15) is 0 Å². The first-order valence-corrected chi connectivity index (χ1v) is 15.0. The Morgan fingerprint density at radius 2 is 1.28 bits per heavy atom. The average Bonchev–Trinajstić information content (AvgIpc) is 3.09. The molecule has 0 aliphatic carbocycles. The maximum absolute atomic E-state index is 13.4. The fourth-order valence-electron chi connectivity index (χ4n) is 4.46. The van der Waals surface area contributed by atoms with E-state index in [0.29, 0.717) is 12.0 Å². The molecular formula is C36H39N3O7.